The number of nitrogens with one attached hydrogen (secondary N) is 1. The molecule has 0 saturated carbocycles. The maximum atomic E-state index is 11.9. The van der Waals surface area contributed by atoms with Crippen LogP contribution in [0.3, 0.4) is 0 Å². The second kappa shape index (κ2) is 6.74. The fraction of sp³-hybridized carbons (Fsp3) is 0.917. The van der Waals surface area contributed by atoms with Gasteiger partial charge in [0.05, 0.1) is 0 Å². The molecule has 4 heteroatoms. The normalized spacial score (nSPS) is 22.9. The van der Waals surface area contributed by atoms with E-state index in [9.17, 15) is 4.79 Å². The second-order valence-electron chi connectivity index (χ2n) is 4.86. The van der Waals surface area contributed by atoms with Crippen molar-refractivity contribution in [3.8, 4) is 0 Å². The fourth-order valence-electron chi connectivity index (χ4n) is 2.24. The van der Waals surface area contributed by atoms with Gasteiger partial charge in [-0.2, -0.15) is 0 Å². The molecule has 16 heavy (non-hydrogen) atoms. The number of carbonyl (C=O) groups excluding carboxylic acids is 1. The van der Waals surface area contributed by atoms with Gasteiger partial charge in [-0.15, -0.1) is 0 Å². The molecule has 1 fully saturated rings. The number of piperidine rings is 1. The van der Waals surface area contributed by atoms with Crippen LogP contribution in [0.4, 0.5) is 4.79 Å². The first-order valence-electron chi connectivity index (χ1n) is 6.42. The number of carbonyl (C=O) groups is 1. The summed E-state index contributed by atoms with van der Waals surface area (Å²) < 4.78 is 0. The lowest BCUT2D eigenvalue weighted by atomic mass is 10.0. The van der Waals surface area contributed by atoms with Gasteiger partial charge in [0, 0.05) is 25.7 Å². The van der Waals surface area contributed by atoms with E-state index in [4.69, 9.17) is 5.73 Å². The molecule has 1 saturated heterocycles. The van der Waals surface area contributed by atoms with Crippen molar-refractivity contribution in [1.29, 1.82) is 0 Å². The van der Waals surface area contributed by atoms with E-state index in [-0.39, 0.29) is 12.1 Å². The molecule has 1 rings (SSSR count). The fourth-order valence-corrected chi connectivity index (χ4v) is 2.24. The lowest BCUT2D eigenvalue weighted by molar-refractivity contribution is 0.166. The van der Waals surface area contributed by atoms with E-state index in [2.05, 4.69) is 19.2 Å². The molecule has 0 aromatic rings. The molecule has 94 valence electrons. The zero-order valence-corrected chi connectivity index (χ0v) is 10.5. The summed E-state index contributed by atoms with van der Waals surface area (Å²) in [4.78, 5) is 13.9. The van der Waals surface area contributed by atoms with Gasteiger partial charge in [0.25, 0.3) is 0 Å². The van der Waals surface area contributed by atoms with Gasteiger partial charge < -0.3 is 16.0 Å². The number of hydrogen-bond acceptors (Lipinski definition) is 2. The monoisotopic (exact) mass is 227 g/mol. The minimum atomic E-state index is 0.0652. The van der Waals surface area contributed by atoms with Crippen molar-refractivity contribution in [3.05, 3.63) is 0 Å². The van der Waals surface area contributed by atoms with Gasteiger partial charge in [0.1, 0.15) is 0 Å². The Bertz CT molecular complexity index is 220. The number of hydrogen-bond donors (Lipinski definition) is 2. The van der Waals surface area contributed by atoms with Crippen LogP contribution in [-0.4, -0.2) is 36.6 Å². The van der Waals surface area contributed by atoms with E-state index in [1.165, 1.54) is 6.42 Å². The molecule has 0 aliphatic carbocycles. The molecule has 0 aromatic heterocycles. The minimum Gasteiger partial charge on any atom is -0.334 e. The van der Waals surface area contributed by atoms with Crippen LogP contribution in [0, 0.1) is 5.92 Å². The van der Waals surface area contributed by atoms with Crippen molar-refractivity contribution in [2.45, 2.75) is 45.6 Å². The Kier molecular flexibility index (Phi) is 5.60. The lowest BCUT2D eigenvalue weighted by Gasteiger charge is -2.32. The summed E-state index contributed by atoms with van der Waals surface area (Å²) in [5, 5.41) is 3.02. The summed E-state index contributed by atoms with van der Waals surface area (Å²) in [6.07, 6.45) is 4.37. The molecule has 1 aliphatic rings. The molecule has 2 amide bonds. The molecule has 0 radical (unpaired) electrons. The van der Waals surface area contributed by atoms with Crippen molar-refractivity contribution in [1.82, 2.24) is 10.2 Å². The highest BCUT2D eigenvalue weighted by Crippen LogP contribution is 2.15. The molecule has 0 bridgehead atoms. The third-order valence-electron chi connectivity index (χ3n) is 3.19. The van der Waals surface area contributed by atoms with E-state index in [0.717, 1.165) is 32.4 Å². The van der Waals surface area contributed by atoms with Crippen LogP contribution in [0.2, 0.25) is 0 Å². The van der Waals surface area contributed by atoms with E-state index < -0.39 is 0 Å². The summed E-state index contributed by atoms with van der Waals surface area (Å²) in [5.74, 6) is 0.627. The average Bonchev–Trinajstić information content (AvgIpc) is 2.28. The van der Waals surface area contributed by atoms with E-state index in [1.807, 2.05) is 4.90 Å². The summed E-state index contributed by atoms with van der Waals surface area (Å²) in [6.45, 7) is 6.61. The van der Waals surface area contributed by atoms with Crippen LogP contribution in [0.25, 0.3) is 0 Å². The van der Waals surface area contributed by atoms with Gasteiger partial charge in [0.2, 0.25) is 0 Å². The van der Waals surface area contributed by atoms with Gasteiger partial charge in [-0.3, -0.25) is 0 Å². The van der Waals surface area contributed by atoms with Crippen molar-refractivity contribution in [3.63, 3.8) is 0 Å². The Hall–Kier alpha value is -0.770. The van der Waals surface area contributed by atoms with Gasteiger partial charge in [0.15, 0.2) is 0 Å². The highest BCUT2D eigenvalue weighted by Gasteiger charge is 2.22. The quantitative estimate of drug-likeness (QED) is 0.765. The Morgan fingerprint density at radius 1 is 1.62 bits per heavy atom. The molecule has 0 aromatic carbocycles. The van der Waals surface area contributed by atoms with E-state index >= 15 is 0 Å². The zero-order valence-electron chi connectivity index (χ0n) is 10.5. The first-order chi connectivity index (χ1) is 7.67. The van der Waals surface area contributed by atoms with Crippen LogP contribution >= 0.6 is 0 Å². The highest BCUT2D eigenvalue weighted by molar-refractivity contribution is 5.74. The topological polar surface area (TPSA) is 58.4 Å². The highest BCUT2D eigenvalue weighted by atomic mass is 16.2. The number of rotatable bonds is 4. The van der Waals surface area contributed by atoms with Crippen molar-refractivity contribution < 1.29 is 4.79 Å². The van der Waals surface area contributed by atoms with Gasteiger partial charge in [-0.25, -0.2) is 4.79 Å². The first-order valence-corrected chi connectivity index (χ1v) is 6.42. The number of likely N-dealkylation sites (tertiary alicyclic amines) is 1. The minimum absolute atomic E-state index is 0.0652. The van der Waals surface area contributed by atoms with Crippen LogP contribution in [0.1, 0.15) is 39.5 Å². The van der Waals surface area contributed by atoms with E-state index in [1.54, 1.807) is 0 Å². The Labute approximate surface area is 98.6 Å². The van der Waals surface area contributed by atoms with E-state index in [0.29, 0.717) is 12.5 Å². The van der Waals surface area contributed by atoms with Crippen LogP contribution < -0.4 is 11.1 Å². The third-order valence-corrected chi connectivity index (χ3v) is 3.19. The van der Waals surface area contributed by atoms with Gasteiger partial charge in [-0.05, 0) is 25.2 Å². The Morgan fingerprint density at radius 2 is 2.38 bits per heavy atom. The molecule has 2 unspecified atom stereocenters. The number of nitrogens with zero attached hydrogens (tertiary/aromatic N) is 1. The van der Waals surface area contributed by atoms with Crippen molar-refractivity contribution in [2.75, 3.05) is 19.6 Å². The molecule has 0 spiro atoms. The van der Waals surface area contributed by atoms with Crippen molar-refractivity contribution >= 4 is 6.03 Å². The van der Waals surface area contributed by atoms with Crippen LogP contribution in [0.5, 0.6) is 0 Å². The van der Waals surface area contributed by atoms with Crippen LogP contribution in [0.15, 0.2) is 0 Å². The summed E-state index contributed by atoms with van der Waals surface area (Å²) in [5.41, 5.74) is 5.63. The number of amides is 2. The SMILES string of the molecule is CCCC(CN)NC(=O)N1CCCC(C)C1. The largest absolute Gasteiger partial charge is 0.334 e. The summed E-state index contributed by atoms with van der Waals surface area (Å²) in [7, 11) is 0. The molecule has 4 nitrogen and oxygen atoms in total. The first kappa shape index (κ1) is 13.3. The molecule has 1 heterocycles. The predicted octanol–water partition coefficient (Wildman–Crippen LogP) is 1.56. The Balaban J connectivity index is 2.37. The molecular formula is C12H25N3O. The Morgan fingerprint density at radius 3 is 2.94 bits per heavy atom. The smallest absolute Gasteiger partial charge is 0.317 e. The standard InChI is InChI=1S/C12H25N3O/c1-3-5-11(8-13)14-12(16)15-7-4-6-10(2)9-15/h10-11H,3-9,13H2,1-2H3,(H,14,16). The average molecular weight is 227 g/mol. The molecule has 1 aliphatic heterocycles. The zero-order chi connectivity index (χ0) is 12.0. The summed E-state index contributed by atoms with van der Waals surface area (Å²) in [6, 6.07) is 0.199. The van der Waals surface area contributed by atoms with Gasteiger partial charge >= 0.3 is 6.03 Å². The molecule has 3 N–H and O–H groups in total. The maximum Gasteiger partial charge on any atom is 0.317 e. The molecular weight excluding hydrogens is 202 g/mol. The van der Waals surface area contributed by atoms with Crippen LogP contribution in [-0.2, 0) is 0 Å². The summed E-state index contributed by atoms with van der Waals surface area (Å²) >= 11 is 0. The second-order valence-corrected chi connectivity index (χ2v) is 4.86. The predicted molar refractivity (Wildman–Crippen MR) is 66.3 cm³/mol. The van der Waals surface area contributed by atoms with Crippen molar-refractivity contribution in [2.24, 2.45) is 11.7 Å². The lowest BCUT2D eigenvalue weighted by Crippen LogP contribution is -2.50. The molecule has 2 atom stereocenters. The number of nitrogens with two attached hydrogens (primary N) is 1. The van der Waals surface area contributed by atoms with Gasteiger partial charge in [-0.1, -0.05) is 20.3 Å². The number of urea groups is 1. The third kappa shape index (κ3) is 4.00. The maximum absolute atomic E-state index is 11.9.